The number of benzene rings is 1. The molecule has 0 saturated carbocycles. The quantitative estimate of drug-likeness (QED) is 0.432. The van der Waals surface area contributed by atoms with Crippen molar-refractivity contribution in [3.05, 3.63) is 59.1 Å². The van der Waals surface area contributed by atoms with E-state index in [9.17, 15) is 10.2 Å². The molecule has 9 heteroatoms. The highest BCUT2D eigenvalue weighted by Crippen LogP contribution is 2.45. The number of aryl methyl sites for hydroxylation is 2. The Balaban J connectivity index is 1.34. The van der Waals surface area contributed by atoms with Crippen LogP contribution in [0, 0.1) is 6.92 Å². The molecule has 1 fully saturated rings. The summed E-state index contributed by atoms with van der Waals surface area (Å²) in [5.74, 6) is 0.317. The van der Waals surface area contributed by atoms with Crippen LogP contribution in [-0.4, -0.2) is 47.2 Å². The number of anilines is 1. The number of aliphatic hydroxyl groups is 2. The molecule has 7 nitrogen and oxygen atoms in total. The number of nitrogens with zero attached hydrogens (tertiary/aromatic N) is 4. The number of pyridine rings is 1. The Labute approximate surface area is 188 Å². The van der Waals surface area contributed by atoms with Crippen LogP contribution in [0.4, 0.5) is 5.82 Å². The fourth-order valence-corrected chi connectivity index (χ4v) is 5.88. The van der Waals surface area contributed by atoms with E-state index < -0.39 is 12.2 Å². The summed E-state index contributed by atoms with van der Waals surface area (Å²) in [6, 6.07) is 9.79. The lowest BCUT2D eigenvalue weighted by atomic mass is 10.0. The van der Waals surface area contributed by atoms with Gasteiger partial charge in [0.15, 0.2) is 0 Å². The van der Waals surface area contributed by atoms with Gasteiger partial charge in [-0.2, -0.15) is 0 Å². The van der Waals surface area contributed by atoms with Gasteiger partial charge >= 0.3 is 0 Å². The van der Waals surface area contributed by atoms with Crippen LogP contribution in [0.2, 0.25) is 5.02 Å². The predicted molar refractivity (Wildman–Crippen MR) is 124 cm³/mol. The normalized spacial score (nSPS) is 23.7. The predicted octanol–water partition coefficient (Wildman–Crippen LogP) is 3.49. The van der Waals surface area contributed by atoms with Gasteiger partial charge in [-0.3, -0.25) is 0 Å². The number of aromatic nitrogens is 4. The Morgan fingerprint density at radius 2 is 2.00 bits per heavy atom. The van der Waals surface area contributed by atoms with Crippen molar-refractivity contribution in [3.8, 4) is 0 Å². The van der Waals surface area contributed by atoms with Crippen LogP contribution in [0.1, 0.15) is 23.1 Å². The van der Waals surface area contributed by atoms with Crippen molar-refractivity contribution in [1.82, 2.24) is 19.5 Å². The number of nitrogen functional groups attached to an aromatic ring is 1. The molecular formula is C22H22ClN5O2S. The number of hydrogen-bond donors (Lipinski definition) is 3. The SMILES string of the molecule is Cc1ncnc2c1ccn2[C@@H]1S[C@H](CCc2ccc3cc(Cl)c(N)nc3c2)[C@@H](O)[C@H]1O. The lowest BCUT2D eigenvalue weighted by Gasteiger charge is -2.17. The Morgan fingerprint density at radius 1 is 1.16 bits per heavy atom. The van der Waals surface area contributed by atoms with Crippen molar-refractivity contribution < 1.29 is 10.2 Å². The zero-order valence-electron chi connectivity index (χ0n) is 16.8. The number of aliphatic hydroxyl groups excluding tert-OH is 2. The molecule has 4 atom stereocenters. The van der Waals surface area contributed by atoms with Gasteiger partial charge in [-0.15, -0.1) is 11.8 Å². The zero-order valence-corrected chi connectivity index (χ0v) is 18.4. The first kappa shape index (κ1) is 20.5. The van der Waals surface area contributed by atoms with E-state index in [1.807, 2.05) is 48.0 Å². The molecule has 0 amide bonds. The van der Waals surface area contributed by atoms with E-state index in [1.165, 1.54) is 6.33 Å². The molecule has 1 aromatic carbocycles. The fraction of sp³-hybridized carbons (Fsp3) is 0.318. The first-order valence-electron chi connectivity index (χ1n) is 10.1. The monoisotopic (exact) mass is 455 g/mol. The van der Waals surface area contributed by atoms with Crippen molar-refractivity contribution in [2.24, 2.45) is 0 Å². The Kier molecular flexibility index (Phi) is 5.26. The van der Waals surface area contributed by atoms with Gasteiger partial charge in [-0.1, -0.05) is 23.7 Å². The number of hydrogen-bond acceptors (Lipinski definition) is 7. The van der Waals surface area contributed by atoms with Crippen LogP contribution >= 0.6 is 23.4 Å². The third-order valence-electron chi connectivity index (χ3n) is 5.90. The lowest BCUT2D eigenvalue weighted by molar-refractivity contribution is 0.0176. The summed E-state index contributed by atoms with van der Waals surface area (Å²) in [5.41, 5.74) is 9.40. The molecular weight excluding hydrogens is 434 g/mol. The largest absolute Gasteiger partial charge is 0.389 e. The maximum atomic E-state index is 10.8. The van der Waals surface area contributed by atoms with Crippen molar-refractivity contribution in [3.63, 3.8) is 0 Å². The minimum Gasteiger partial charge on any atom is -0.389 e. The summed E-state index contributed by atoms with van der Waals surface area (Å²) in [4.78, 5) is 13.0. The molecule has 5 rings (SSSR count). The molecule has 0 unspecified atom stereocenters. The maximum absolute atomic E-state index is 10.8. The highest BCUT2D eigenvalue weighted by molar-refractivity contribution is 8.00. The third-order valence-corrected chi connectivity index (χ3v) is 7.85. The minimum absolute atomic E-state index is 0.0978. The number of rotatable bonds is 4. The van der Waals surface area contributed by atoms with Crippen LogP contribution < -0.4 is 5.73 Å². The summed E-state index contributed by atoms with van der Waals surface area (Å²) in [5, 5.41) is 23.4. The van der Waals surface area contributed by atoms with Gasteiger partial charge in [0.1, 0.15) is 29.3 Å². The van der Waals surface area contributed by atoms with E-state index in [2.05, 4.69) is 15.0 Å². The van der Waals surface area contributed by atoms with E-state index in [4.69, 9.17) is 17.3 Å². The van der Waals surface area contributed by atoms with Gasteiger partial charge in [-0.25, -0.2) is 15.0 Å². The summed E-state index contributed by atoms with van der Waals surface area (Å²) >= 11 is 7.64. The molecule has 1 saturated heterocycles. The number of nitrogens with two attached hydrogens (primary N) is 1. The molecule has 3 aromatic heterocycles. The van der Waals surface area contributed by atoms with Crippen molar-refractivity contribution >= 4 is 51.1 Å². The minimum atomic E-state index is -0.874. The van der Waals surface area contributed by atoms with Crippen molar-refractivity contribution in [1.29, 1.82) is 0 Å². The molecule has 0 spiro atoms. The molecule has 4 heterocycles. The van der Waals surface area contributed by atoms with Gasteiger partial charge in [0.05, 0.1) is 22.3 Å². The summed E-state index contributed by atoms with van der Waals surface area (Å²) in [6.45, 7) is 1.93. The second-order valence-electron chi connectivity index (χ2n) is 7.89. The Morgan fingerprint density at radius 3 is 2.84 bits per heavy atom. The highest BCUT2D eigenvalue weighted by Gasteiger charge is 2.43. The lowest BCUT2D eigenvalue weighted by Crippen LogP contribution is -2.31. The van der Waals surface area contributed by atoms with Gasteiger partial charge in [0.2, 0.25) is 0 Å². The standard InChI is InChI=1S/C22H22ClN5O2S/c1-11-14-6-7-28(21(14)26-10-25-11)22-19(30)18(29)17(31-22)5-3-12-2-4-13-9-15(23)20(24)27-16(13)8-12/h2,4,6-10,17-19,22,29-30H,3,5H2,1H3,(H2,24,27)/t17-,18-,19-,22-/m1/s1. The summed E-state index contributed by atoms with van der Waals surface area (Å²) in [6.07, 6.45) is 3.22. The van der Waals surface area contributed by atoms with E-state index in [-0.39, 0.29) is 10.6 Å². The van der Waals surface area contributed by atoms with Gasteiger partial charge in [0, 0.05) is 22.2 Å². The first-order valence-corrected chi connectivity index (χ1v) is 11.4. The molecule has 0 bridgehead atoms. The van der Waals surface area contributed by atoms with E-state index >= 15 is 0 Å². The number of thioether (sulfide) groups is 1. The average molecular weight is 456 g/mol. The van der Waals surface area contributed by atoms with Gasteiger partial charge in [-0.05, 0) is 43.5 Å². The van der Waals surface area contributed by atoms with Crippen LogP contribution in [0.3, 0.4) is 0 Å². The maximum Gasteiger partial charge on any atom is 0.144 e. The summed E-state index contributed by atoms with van der Waals surface area (Å²) in [7, 11) is 0. The van der Waals surface area contributed by atoms with Crippen LogP contribution in [0.15, 0.2) is 42.9 Å². The second-order valence-corrected chi connectivity index (χ2v) is 9.65. The van der Waals surface area contributed by atoms with Crippen LogP contribution in [0.25, 0.3) is 21.9 Å². The van der Waals surface area contributed by atoms with E-state index in [0.717, 1.165) is 46.0 Å². The second kappa shape index (κ2) is 7.94. The molecule has 0 aliphatic carbocycles. The molecule has 1 aliphatic rings. The molecule has 4 N–H and O–H groups in total. The van der Waals surface area contributed by atoms with Crippen LogP contribution in [0.5, 0.6) is 0 Å². The summed E-state index contributed by atoms with van der Waals surface area (Å²) < 4.78 is 1.94. The fourth-order valence-electron chi connectivity index (χ4n) is 4.17. The number of halogens is 1. The first-order chi connectivity index (χ1) is 14.9. The molecule has 31 heavy (non-hydrogen) atoms. The molecule has 4 aromatic rings. The van der Waals surface area contributed by atoms with Gasteiger partial charge in [0.25, 0.3) is 0 Å². The topological polar surface area (TPSA) is 110 Å². The van der Waals surface area contributed by atoms with E-state index in [1.54, 1.807) is 11.8 Å². The van der Waals surface area contributed by atoms with Crippen molar-refractivity contribution in [2.75, 3.05) is 5.73 Å². The Bertz CT molecular complexity index is 1280. The third kappa shape index (κ3) is 3.63. The van der Waals surface area contributed by atoms with Crippen molar-refractivity contribution in [2.45, 2.75) is 42.6 Å². The average Bonchev–Trinajstić information content (AvgIpc) is 3.30. The zero-order chi connectivity index (χ0) is 21.7. The molecule has 160 valence electrons. The van der Waals surface area contributed by atoms with E-state index in [0.29, 0.717) is 10.8 Å². The molecule has 1 aliphatic heterocycles. The van der Waals surface area contributed by atoms with Gasteiger partial charge < -0.3 is 20.5 Å². The van der Waals surface area contributed by atoms with Crippen LogP contribution in [-0.2, 0) is 6.42 Å². The Hall–Kier alpha value is -2.39. The number of fused-ring (bicyclic) bond motifs is 2. The molecule has 0 radical (unpaired) electrons. The smallest absolute Gasteiger partial charge is 0.144 e. The highest BCUT2D eigenvalue weighted by atomic mass is 35.5.